The van der Waals surface area contributed by atoms with E-state index in [4.69, 9.17) is 15.2 Å². The van der Waals surface area contributed by atoms with E-state index in [0.29, 0.717) is 6.42 Å². The van der Waals surface area contributed by atoms with Gasteiger partial charge in [-0.05, 0) is 37.2 Å². The van der Waals surface area contributed by atoms with E-state index in [0.717, 1.165) is 56.9 Å². The lowest BCUT2D eigenvalue weighted by molar-refractivity contribution is -0.150. The highest BCUT2D eigenvalue weighted by Gasteiger charge is 2.25. The minimum absolute atomic E-state index is 0.0448. The number of carbonyl (C=O) groups excluding carboxylic acids is 4. The van der Waals surface area contributed by atoms with Crippen LogP contribution >= 0.6 is 0 Å². The third kappa shape index (κ3) is 30.2. The third-order valence-corrected chi connectivity index (χ3v) is 10.9. The van der Waals surface area contributed by atoms with Crippen molar-refractivity contribution in [3.05, 3.63) is 35.9 Å². The SMILES string of the molecule is CCCCCCCCCCCCC[C@H](COC(=O)[C@H](CCCC(=O)OCc1ccccc1)NC(=O)C[C@@H](CO)CCCCCCCCCCCCC)CC(N)=O. The van der Waals surface area contributed by atoms with Gasteiger partial charge in [-0.1, -0.05) is 185 Å². The van der Waals surface area contributed by atoms with E-state index in [2.05, 4.69) is 19.2 Å². The molecule has 0 aliphatic rings. The van der Waals surface area contributed by atoms with Crippen LogP contribution in [0.5, 0.6) is 0 Å². The van der Waals surface area contributed by atoms with Crippen LogP contribution in [0.2, 0.25) is 0 Å². The van der Waals surface area contributed by atoms with Gasteiger partial charge in [0, 0.05) is 31.8 Å². The lowest BCUT2D eigenvalue weighted by Crippen LogP contribution is -2.43. The average Bonchev–Trinajstić information content (AvgIpc) is 3.19. The van der Waals surface area contributed by atoms with Crippen molar-refractivity contribution >= 4 is 23.8 Å². The van der Waals surface area contributed by atoms with Gasteiger partial charge in [-0.3, -0.25) is 14.4 Å². The van der Waals surface area contributed by atoms with Gasteiger partial charge < -0.3 is 25.6 Å². The normalized spacial score (nSPS) is 12.8. The fourth-order valence-electron chi connectivity index (χ4n) is 7.31. The van der Waals surface area contributed by atoms with Gasteiger partial charge in [0.05, 0.1) is 6.61 Å². The maximum atomic E-state index is 13.4. The predicted octanol–water partition coefficient (Wildman–Crippen LogP) is 10.8. The number of aliphatic hydroxyl groups is 1. The van der Waals surface area contributed by atoms with Gasteiger partial charge in [0.2, 0.25) is 11.8 Å². The molecule has 1 aromatic rings. The molecule has 2 amide bonds. The van der Waals surface area contributed by atoms with Crippen LogP contribution in [-0.2, 0) is 35.3 Å². The molecule has 3 atom stereocenters. The summed E-state index contributed by atoms with van der Waals surface area (Å²) in [7, 11) is 0. The van der Waals surface area contributed by atoms with Gasteiger partial charge in [-0.15, -0.1) is 0 Å². The molecule has 0 saturated heterocycles. The Morgan fingerprint density at radius 1 is 0.607 bits per heavy atom. The third-order valence-electron chi connectivity index (χ3n) is 10.9. The molecule has 56 heavy (non-hydrogen) atoms. The highest BCUT2D eigenvalue weighted by Crippen LogP contribution is 2.19. The fraction of sp³-hybridized carbons (Fsp3) is 0.787. The van der Waals surface area contributed by atoms with Crippen LogP contribution in [0.4, 0.5) is 0 Å². The molecule has 1 rings (SSSR count). The van der Waals surface area contributed by atoms with Crippen molar-refractivity contribution in [2.24, 2.45) is 17.6 Å². The molecule has 9 heteroatoms. The van der Waals surface area contributed by atoms with Crippen LogP contribution in [0.25, 0.3) is 0 Å². The zero-order chi connectivity index (χ0) is 40.9. The van der Waals surface area contributed by atoms with Gasteiger partial charge in [0.1, 0.15) is 12.6 Å². The molecule has 0 bridgehead atoms. The Labute approximate surface area is 341 Å². The summed E-state index contributed by atoms with van der Waals surface area (Å²) in [5, 5.41) is 12.9. The van der Waals surface area contributed by atoms with Crippen LogP contribution in [0, 0.1) is 11.8 Å². The molecule has 0 radical (unpaired) electrons. The van der Waals surface area contributed by atoms with E-state index in [-0.39, 0.29) is 69.2 Å². The smallest absolute Gasteiger partial charge is 0.328 e. The monoisotopic (exact) mass is 787 g/mol. The summed E-state index contributed by atoms with van der Waals surface area (Å²) in [6, 6.07) is 8.47. The summed E-state index contributed by atoms with van der Waals surface area (Å²) in [6.45, 7) is 4.60. The molecule has 0 aromatic heterocycles. The molecule has 322 valence electrons. The van der Waals surface area contributed by atoms with E-state index >= 15 is 0 Å². The van der Waals surface area contributed by atoms with Crippen molar-refractivity contribution in [3.8, 4) is 0 Å². The Morgan fingerprint density at radius 2 is 1.09 bits per heavy atom. The molecule has 9 nitrogen and oxygen atoms in total. The number of unbranched alkanes of at least 4 members (excludes halogenated alkanes) is 20. The number of carbonyl (C=O) groups is 4. The first-order chi connectivity index (χ1) is 27.3. The first-order valence-electron chi connectivity index (χ1n) is 22.8. The molecule has 0 fully saturated rings. The summed E-state index contributed by atoms with van der Waals surface area (Å²) in [6.07, 6.45) is 29.4. The average molecular weight is 787 g/mol. The number of hydrogen-bond acceptors (Lipinski definition) is 7. The summed E-state index contributed by atoms with van der Waals surface area (Å²) in [5.41, 5.74) is 6.45. The highest BCUT2D eigenvalue weighted by atomic mass is 16.5. The van der Waals surface area contributed by atoms with Crippen molar-refractivity contribution in [2.45, 2.75) is 213 Å². The van der Waals surface area contributed by atoms with Gasteiger partial charge in [-0.2, -0.15) is 0 Å². The van der Waals surface area contributed by atoms with Crippen LogP contribution in [0.1, 0.15) is 206 Å². The maximum Gasteiger partial charge on any atom is 0.328 e. The number of benzene rings is 1. The molecule has 0 aliphatic carbocycles. The molecular weight excluding hydrogens is 705 g/mol. The fourth-order valence-corrected chi connectivity index (χ4v) is 7.31. The number of aliphatic hydroxyl groups excluding tert-OH is 1. The molecule has 0 heterocycles. The first kappa shape index (κ1) is 51.1. The lowest BCUT2D eigenvalue weighted by atomic mass is 9.96. The summed E-state index contributed by atoms with van der Waals surface area (Å²) < 4.78 is 11.1. The zero-order valence-corrected chi connectivity index (χ0v) is 35.7. The first-order valence-corrected chi connectivity index (χ1v) is 22.8. The minimum atomic E-state index is -0.957. The standard InChI is InChI=1S/C47H82N2O7/c1-3-5-7-9-11-13-15-17-19-21-24-31-41(37-50)36-45(52)49-43(33-28-34-46(53)55-38-40-29-26-23-27-30-40)47(54)56-39-42(35-44(48)51)32-25-22-20-18-16-14-12-10-8-6-4-2/h23,26-27,29-30,41-43,50H,3-22,24-25,28,31-39H2,1-2H3,(H2,48,51)(H,49,52)/t41-,42-,43-/m0/s1. The number of rotatable bonds is 39. The lowest BCUT2D eigenvalue weighted by Gasteiger charge is -2.21. The molecule has 0 unspecified atom stereocenters. The van der Waals surface area contributed by atoms with E-state index in [1.54, 1.807) is 0 Å². The molecule has 0 aliphatic heterocycles. The van der Waals surface area contributed by atoms with Gasteiger partial charge in [0.25, 0.3) is 0 Å². The molecular formula is C47H82N2O7. The van der Waals surface area contributed by atoms with Gasteiger partial charge >= 0.3 is 11.9 Å². The van der Waals surface area contributed by atoms with E-state index in [1.807, 2.05) is 30.3 Å². The zero-order valence-electron chi connectivity index (χ0n) is 35.7. The Bertz CT molecular complexity index is 1120. The quantitative estimate of drug-likeness (QED) is 0.0445. The Hall–Kier alpha value is -2.94. The van der Waals surface area contributed by atoms with Crippen LogP contribution in [-0.4, -0.2) is 48.1 Å². The number of nitrogens with two attached hydrogens (primary N) is 1. The number of nitrogens with one attached hydrogen (secondary N) is 1. The topological polar surface area (TPSA) is 145 Å². The molecule has 0 saturated carbocycles. The Morgan fingerprint density at radius 3 is 1.57 bits per heavy atom. The molecule has 0 spiro atoms. The number of esters is 2. The molecule has 1 aromatic carbocycles. The van der Waals surface area contributed by atoms with E-state index in [1.165, 1.54) is 103 Å². The number of hydrogen-bond donors (Lipinski definition) is 3. The van der Waals surface area contributed by atoms with Crippen LogP contribution in [0.15, 0.2) is 30.3 Å². The van der Waals surface area contributed by atoms with Gasteiger partial charge in [-0.25, -0.2) is 4.79 Å². The number of amides is 2. The second kappa shape index (κ2) is 36.4. The van der Waals surface area contributed by atoms with Crippen LogP contribution in [0.3, 0.4) is 0 Å². The Kier molecular flexibility index (Phi) is 33.2. The van der Waals surface area contributed by atoms with Crippen molar-refractivity contribution in [1.29, 1.82) is 0 Å². The summed E-state index contributed by atoms with van der Waals surface area (Å²) in [4.78, 5) is 51.0. The number of primary amides is 1. The molecule has 4 N–H and O–H groups in total. The predicted molar refractivity (Wildman–Crippen MR) is 228 cm³/mol. The summed E-state index contributed by atoms with van der Waals surface area (Å²) >= 11 is 0. The number of ether oxygens (including phenoxy) is 2. The van der Waals surface area contributed by atoms with Crippen molar-refractivity contribution in [2.75, 3.05) is 13.2 Å². The Balaban J connectivity index is 2.61. The van der Waals surface area contributed by atoms with Gasteiger partial charge in [0.15, 0.2) is 0 Å². The highest BCUT2D eigenvalue weighted by molar-refractivity contribution is 5.84. The summed E-state index contributed by atoms with van der Waals surface area (Å²) in [5.74, 6) is -2.10. The second-order valence-corrected chi connectivity index (χ2v) is 16.2. The largest absolute Gasteiger partial charge is 0.464 e. The second-order valence-electron chi connectivity index (χ2n) is 16.2. The van der Waals surface area contributed by atoms with Crippen molar-refractivity contribution in [3.63, 3.8) is 0 Å². The minimum Gasteiger partial charge on any atom is -0.464 e. The van der Waals surface area contributed by atoms with Crippen molar-refractivity contribution in [1.82, 2.24) is 5.32 Å². The van der Waals surface area contributed by atoms with E-state index < -0.39 is 17.9 Å². The van der Waals surface area contributed by atoms with E-state index in [9.17, 15) is 24.3 Å². The van der Waals surface area contributed by atoms with Crippen LogP contribution < -0.4 is 11.1 Å². The maximum absolute atomic E-state index is 13.4. The van der Waals surface area contributed by atoms with Crippen molar-refractivity contribution < 1.29 is 33.8 Å².